The van der Waals surface area contributed by atoms with Crippen molar-refractivity contribution in [3.63, 3.8) is 0 Å². The standard InChI is InChI=1S/C11H18BrN3S/c1-14-6-5-13-9(7-14)8-15(2)11-4-3-10(12)16-11/h3-4,9,13H,5-8H2,1-2H3. The molecule has 16 heavy (non-hydrogen) atoms. The van der Waals surface area contributed by atoms with Gasteiger partial charge >= 0.3 is 0 Å². The summed E-state index contributed by atoms with van der Waals surface area (Å²) < 4.78 is 1.20. The second-order valence-electron chi connectivity index (χ2n) is 4.37. The number of hydrogen-bond acceptors (Lipinski definition) is 4. The van der Waals surface area contributed by atoms with Gasteiger partial charge in [0.2, 0.25) is 0 Å². The summed E-state index contributed by atoms with van der Waals surface area (Å²) in [6.07, 6.45) is 0. The summed E-state index contributed by atoms with van der Waals surface area (Å²) in [6.45, 7) is 4.46. The predicted molar refractivity (Wildman–Crippen MR) is 74.6 cm³/mol. The zero-order valence-corrected chi connectivity index (χ0v) is 12.1. The Labute approximate surface area is 110 Å². The van der Waals surface area contributed by atoms with Crippen LogP contribution in [0, 0.1) is 0 Å². The molecule has 1 fully saturated rings. The van der Waals surface area contributed by atoms with E-state index in [4.69, 9.17) is 0 Å². The lowest BCUT2D eigenvalue weighted by Gasteiger charge is -2.33. The van der Waals surface area contributed by atoms with E-state index in [1.807, 2.05) is 0 Å². The first-order valence-corrected chi connectivity index (χ1v) is 7.14. The molecule has 2 rings (SSSR count). The van der Waals surface area contributed by atoms with E-state index >= 15 is 0 Å². The van der Waals surface area contributed by atoms with Crippen LogP contribution in [0.1, 0.15) is 0 Å². The topological polar surface area (TPSA) is 18.5 Å². The lowest BCUT2D eigenvalue weighted by atomic mass is 10.2. The second-order valence-corrected chi connectivity index (χ2v) is 6.81. The molecule has 0 aliphatic carbocycles. The maximum atomic E-state index is 3.57. The number of hydrogen-bond donors (Lipinski definition) is 1. The van der Waals surface area contributed by atoms with E-state index in [1.165, 1.54) is 8.79 Å². The molecule has 90 valence electrons. The molecule has 1 saturated heterocycles. The van der Waals surface area contributed by atoms with Crippen molar-refractivity contribution in [2.45, 2.75) is 6.04 Å². The zero-order chi connectivity index (χ0) is 11.5. The molecular weight excluding hydrogens is 286 g/mol. The Balaban J connectivity index is 1.89. The van der Waals surface area contributed by atoms with Gasteiger partial charge in [-0.05, 0) is 35.1 Å². The summed E-state index contributed by atoms with van der Waals surface area (Å²) in [5.41, 5.74) is 0. The molecule has 1 aromatic heterocycles. The number of likely N-dealkylation sites (N-methyl/N-ethyl adjacent to an activating group) is 2. The molecule has 1 aliphatic heterocycles. The van der Waals surface area contributed by atoms with Crippen LogP contribution in [0.3, 0.4) is 0 Å². The van der Waals surface area contributed by atoms with Gasteiger partial charge in [-0.25, -0.2) is 0 Å². The normalized spacial score (nSPS) is 22.3. The Kier molecular flexibility index (Phi) is 4.24. The van der Waals surface area contributed by atoms with Crippen LogP contribution in [0.2, 0.25) is 0 Å². The van der Waals surface area contributed by atoms with Gasteiger partial charge < -0.3 is 15.1 Å². The number of nitrogens with one attached hydrogen (secondary N) is 1. The SMILES string of the molecule is CN1CCNC(CN(C)c2ccc(Br)s2)C1. The molecule has 0 amide bonds. The van der Waals surface area contributed by atoms with Crippen molar-refractivity contribution in [2.75, 3.05) is 45.2 Å². The monoisotopic (exact) mass is 303 g/mol. The molecule has 2 heterocycles. The molecule has 1 unspecified atom stereocenters. The first-order valence-electron chi connectivity index (χ1n) is 5.53. The van der Waals surface area contributed by atoms with Crippen LogP contribution in [-0.2, 0) is 0 Å². The van der Waals surface area contributed by atoms with Gasteiger partial charge in [0.25, 0.3) is 0 Å². The van der Waals surface area contributed by atoms with Crippen LogP contribution < -0.4 is 10.2 Å². The number of nitrogens with zero attached hydrogens (tertiary/aromatic N) is 2. The van der Waals surface area contributed by atoms with Gasteiger partial charge in [0.1, 0.15) is 0 Å². The number of anilines is 1. The minimum Gasteiger partial charge on any atom is -0.365 e. The fraction of sp³-hybridized carbons (Fsp3) is 0.636. The molecule has 1 aliphatic rings. The van der Waals surface area contributed by atoms with Crippen molar-refractivity contribution < 1.29 is 0 Å². The van der Waals surface area contributed by atoms with Crippen LogP contribution >= 0.6 is 27.3 Å². The average molecular weight is 304 g/mol. The molecule has 0 radical (unpaired) electrons. The summed E-state index contributed by atoms with van der Waals surface area (Å²) in [5, 5.41) is 4.89. The van der Waals surface area contributed by atoms with Gasteiger partial charge in [0.05, 0.1) is 8.79 Å². The van der Waals surface area contributed by atoms with Crippen LogP contribution in [0.25, 0.3) is 0 Å². The maximum absolute atomic E-state index is 3.57. The van der Waals surface area contributed by atoms with Crippen LogP contribution in [0.15, 0.2) is 15.9 Å². The second kappa shape index (κ2) is 5.49. The third kappa shape index (κ3) is 3.20. The maximum Gasteiger partial charge on any atom is 0.0918 e. The number of piperazine rings is 1. The number of thiophene rings is 1. The summed E-state index contributed by atoms with van der Waals surface area (Å²) in [4.78, 5) is 4.71. The Morgan fingerprint density at radius 3 is 3.06 bits per heavy atom. The Morgan fingerprint density at radius 2 is 2.44 bits per heavy atom. The van der Waals surface area contributed by atoms with Crippen molar-refractivity contribution in [1.29, 1.82) is 0 Å². The fourth-order valence-corrected chi connectivity index (χ4v) is 3.38. The molecule has 0 spiro atoms. The Hall–Kier alpha value is -0.100. The van der Waals surface area contributed by atoms with E-state index in [0.29, 0.717) is 6.04 Å². The summed E-state index contributed by atoms with van der Waals surface area (Å²) in [5.74, 6) is 0. The fourth-order valence-electron chi connectivity index (χ4n) is 2.04. The van der Waals surface area contributed by atoms with Crippen LogP contribution in [0.4, 0.5) is 5.00 Å². The minimum atomic E-state index is 0.574. The van der Waals surface area contributed by atoms with Gasteiger partial charge in [-0.1, -0.05) is 0 Å². The van der Waals surface area contributed by atoms with Gasteiger partial charge in [-0.3, -0.25) is 0 Å². The molecule has 0 saturated carbocycles. The molecule has 1 atom stereocenters. The van der Waals surface area contributed by atoms with Gasteiger partial charge in [-0.15, -0.1) is 11.3 Å². The number of halogens is 1. The van der Waals surface area contributed by atoms with Crippen LogP contribution in [0.5, 0.6) is 0 Å². The Morgan fingerprint density at radius 1 is 1.62 bits per heavy atom. The Bertz CT molecular complexity index is 342. The predicted octanol–water partition coefficient (Wildman–Crippen LogP) is 1.85. The van der Waals surface area contributed by atoms with Crippen molar-refractivity contribution >= 4 is 32.3 Å². The van der Waals surface area contributed by atoms with E-state index in [-0.39, 0.29) is 0 Å². The molecule has 1 N–H and O–H groups in total. The average Bonchev–Trinajstić information content (AvgIpc) is 2.65. The van der Waals surface area contributed by atoms with E-state index in [9.17, 15) is 0 Å². The lowest BCUT2D eigenvalue weighted by molar-refractivity contribution is 0.241. The first kappa shape index (κ1) is 12.4. The van der Waals surface area contributed by atoms with Crippen LogP contribution in [-0.4, -0.2) is 51.2 Å². The molecule has 0 bridgehead atoms. The van der Waals surface area contributed by atoms with Crippen molar-refractivity contribution in [2.24, 2.45) is 0 Å². The zero-order valence-electron chi connectivity index (χ0n) is 9.74. The van der Waals surface area contributed by atoms with Gasteiger partial charge in [0.15, 0.2) is 0 Å². The van der Waals surface area contributed by atoms with Gasteiger partial charge in [0, 0.05) is 39.3 Å². The lowest BCUT2D eigenvalue weighted by Crippen LogP contribution is -2.53. The third-order valence-corrected chi connectivity index (χ3v) is 4.63. The molecular formula is C11H18BrN3S. The van der Waals surface area contributed by atoms with E-state index in [0.717, 1.165) is 26.2 Å². The van der Waals surface area contributed by atoms with E-state index in [2.05, 4.69) is 57.3 Å². The summed E-state index contributed by atoms with van der Waals surface area (Å²) in [7, 11) is 4.35. The molecule has 1 aromatic rings. The third-order valence-electron chi connectivity index (χ3n) is 2.89. The van der Waals surface area contributed by atoms with Gasteiger partial charge in [-0.2, -0.15) is 0 Å². The number of rotatable bonds is 3. The summed E-state index contributed by atoms with van der Waals surface area (Å²) >= 11 is 5.29. The van der Waals surface area contributed by atoms with E-state index in [1.54, 1.807) is 11.3 Å². The van der Waals surface area contributed by atoms with E-state index < -0.39 is 0 Å². The highest BCUT2D eigenvalue weighted by Gasteiger charge is 2.18. The minimum absolute atomic E-state index is 0.574. The molecule has 0 aromatic carbocycles. The van der Waals surface area contributed by atoms with Crippen molar-refractivity contribution in [3.05, 3.63) is 15.9 Å². The first-order chi connectivity index (χ1) is 7.65. The van der Waals surface area contributed by atoms with Crippen molar-refractivity contribution in [3.8, 4) is 0 Å². The molecule has 3 nitrogen and oxygen atoms in total. The highest BCUT2D eigenvalue weighted by Crippen LogP contribution is 2.29. The van der Waals surface area contributed by atoms with Crippen molar-refractivity contribution in [1.82, 2.24) is 10.2 Å². The highest BCUT2D eigenvalue weighted by molar-refractivity contribution is 9.11. The summed E-state index contributed by atoms with van der Waals surface area (Å²) in [6, 6.07) is 4.85. The largest absolute Gasteiger partial charge is 0.365 e. The molecule has 5 heteroatoms. The highest BCUT2D eigenvalue weighted by atomic mass is 79.9. The quantitative estimate of drug-likeness (QED) is 0.919. The smallest absolute Gasteiger partial charge is 0.0918 e.